The van der Waals surface area contributed by atoms with Crippen LogP contribution in [0.3, 0.4) is 0 Å². The monoisotopic (exact) mass is 386 g/mol. The van der Waals surface area contributed by atoms with Gasteiger partial charge in [-0.1, -0.05) is 20.8 Å². The summed E-state index contributed by atoms with van der Waals surface area (Å²) in [7, 11) is 0. The van der Waals surface area contributed by atoms with Crippen molar-refractivity contribution in [2.75, 3.05) is 0 Å². The second-order valence-electron chi connectivity index (χ2n) is 6.09. The van der Waals surface area contributed by atoms with Crippen molar-refractivity contribution in [3.8, 4) is 0 Å². The lowest BCUT2D eigenvalue weighted by atomic mass is 9.81. The molecule has 0 bridgehead atoms. The molecular formula is C13H14F8O4. The predicted molar refractivity (Wildman–Crippen MR) is 67.2 cm³/mol. The molecule has 2 N–H and O–H groups in total. The van der Waals surface area contributed by atoms with Gasteiger partial charge >= 0.3 is 36.1 Å². The summed E-state index contributed by atoms with van der Waals surface area (Å²) in [5.41, 5.74) is -4.71. The molecule has 0 unspecified atom stereocenters. The van der Waals surface area contributed by atoms with Gasteiger partial charge in [0.2, 0.25) is 0 Å². The van der Waals surface area contributed by atoms with E-state index in [1.165, 1.54) is 0 Å². The number of rotatable bonds is 7. The Morgan fingerprint density at radius 3 is 1.52 bits per heavy atom. The number of alkyl halides is 8. The van der Waals surface area contributed by atoms with Crippen LogP contribution in [0.4, 0.5) is 35.1 Å². The highest BCUT2D eigenvalue weighted by molar-refractivity contribution is 5.99. The summed E-state index contributed by atoms with van der Waals surface area (Å²) in [6.07, 6.45) is -7.84. The minimum Gasteiger partial charge on any atom is -0.478 e. The lowest BCUT2D eigenvalue weighted by Gasteiger charge is -2.33. The Kier molecular flexibility index (Phi) is 6.28. The highest BCUT2D eigenvalue weighted by atomic mass is 19.4. The number of carboxylic acids is 2. The number of carbonyl (C=O) groups is 2. The number of hydrogen-bond donors (Lipinski definition) is 2. The molecule has 25 heavy (non-hydrogen) atoms. The number of halogens is 8. The van der Waals surface area contributed by atoms with E-state index in [1.807, 2.05) is 0 Å². The smallest absolute Gasteiger partial charge is 0.378 e. The zero-order chi connectivity index (χ0) is 20.6. The third-order valence-corrected chi connectivity index (χ3v) is 3.07. The van der Waals surface area contributed by atoms with Gasteiger partial charge in [0, 0.05) is 0 Å². The van der Waals surface area contributed by atoms with Crippen LogP contribution in [0, 0.1) is 5.41 Å². The van der Waals surface area contributed by atoms with Gasteiger partial charge in [-0.15, -0.1) is 0 Å². The van der Waals surface area contributed by atoms with Crippen molar-refractivity contribution >= 4 is 11.9 Å². The van der Waals surface area contributed by atoms with E-state index in [1.54, 1.807) is 0 Å². The molecule has 0 aliphatic rings. The van der Waals surface area contributed by atoms with Crippen LogP contribution >= 0.6 is 0 Å². The van der Waals surface area contributed by atoms with Crippen molar-refractivity contribution in [2.45, 2.75) is 51.4 Å². The highest BCUT2D eigenvalue weighted by Gasteiger charge is 2.75. The molecule has 12 heteroatoms. The second kappa shape index (κ2) is 6.79. The van der Waals surface area contributed by atoms with E-state index < -0.39 is 59.1 Å². The molecule has 0 rings (SSSR count). The van der Waals surface area contributed by atoms with Crippen molar-refractivity contribution in [3.63, 3.8) is 0 Å². The van der Waals surface area contributed by atoms with Crippen LogP contribution in [0.2, 0.25) is 0 Å². The van der Waals surface area contributed by atoms with E-state index in [0.29, 0.717) is 0 Å². The van der Waals surface area contributed by atoms with Crippen LogP contribution in [0.25, 0.3) is 0 Å². The first-order chi connectivity index (χ1) is 10.8. The van der Waals surface area contributed by atoms with E-state index in [2.05, 4.69) is 0 Å². The van der Waals surface area contributed by atoms with Gasteiger partial charge in [0.15, 0.2) is 0 Å². The second-order valence-corrected chi connectivity index (χ2v) is 6.09. The molecule has 0 saturated heterocycles. The molecule has 0 spiro atoms. The standard InChI is InChI=1S/C13H14F8O4/c1-10(2,3)6(8(24)25)5(7(22)23)4-11(16,17)13(20,21)12(18,19)9(14)15/h9H,4H2,1-3H3,(H,22,23)(H,24,25)/b6-5-. The summed E-state index contributed by atoms with van der Waals surface area (Å²) in [4.78, 5) is 22.2. The average molecular weight is 386 g/mol. The molecule has 4 nitrogen and oxygen atoms in total. The molecule has 0 atom stereocenters. The van der Waals surface area contributed by atoms with Crippen molar-refractivity contribution in [2.24, 2.45) is 5.41 Å². The molecular weight excluding hydrogens is 372 g/mol. The molecule has 0 amide bonds. The topological polar surface area (TPSA) is 74.6 Å². The highest BCUT2D eigenvalue weighted by Crippen LogP contribution is 2.51. The largest absolute Gasteiger partial charge is 0.478 e. The third kappa shape index (κ3) is 4.40. The SMILES string of the molecule is CC(C)(C)/C(C(=O)O)=C(/CC(F)(F)C(F)(F)C(F)(F)C(F)F)C(=O)O. The van der Waals surface area contributed by atoms with Gasteiger partial charge < -0.3 is 10.2 Å². The zero-order valence-electron chi connectivity index (χ0n) is 13.0. The van der Waals surface area contributed by atoms with Crippen LogP contribution < -0.4 is 0 Å². The van der Waals surface area contributed by atoms with Crippen LogP contribution in [-0.4, -0.2) is 46.3 Å². The van der Waals surface area contributed by atoms with E-state index in [4.69, 9.17) is 10.2 Å². The van der Waals surface area contributed by atoms with Gasteiger partial charge in [0.1, 0.15) is 0 Å². The molecule has 0 aliphatic carbocycles. The molecule has 0 aromatic rings. The summed E-state index contributed by atoms with van der Waals surface area (Å²) < 4.78 is 103. The van der Waals surface area contributed by atoms with Crippen molar-refractivity contribution in [3.05, 3.63) is 11.1 Å². The molecule has 0 aliphatic heterocycles. The van der Waals surface area contributed by atoms with Crippen LogP contribution in [0.15, 0.2) is 11.1 Å². The first-order valence-electron chi connectivity index (χ1n) is 6.42. The lowest BCUT2D eigenvalue weighted by molar-refractivity contribution is -0.337. The number of hydrogen-bond acceptors (Lipinski definition) is 2. The maximum atomic E-state index is 13.6. The van der Waals surface area contributed by atoms with E-state index in [0.717, 1.165) is 20.8 Å². The van der Waals surface area contributed by atoms with Gasteiger partial charge in [0.05, 0.1) is 17.6 Å². The summed E-state index contributed by atoms with van der Waals surface area (Å²) in [5, 5.41) is 17.8. The maximum absolute atomic E-state index is 13.6. The summed E-state index contributed by atoms with van der Waals surface area (Å²) in [6.45, 7) is 3.14. The van der Waals surface area contributed by atoms with Crippen molar-refractivity contribution in [1.82, 2.24) is 0 Å². The third-order valence-electron chi connectivity index (χ3n) is 3.07. The predicted octanol–water partition coefficient (Wildman–Crippen LogP) is 4.06. The Bertz CT molecular complexity index is 575. The maximum Gasteiger partial charge on any atom is 0.378 e. The quantitative estimate of drug-likeness (QED) is 0.511. The van der Waals surface area contributed by atoms with Gasteiger partial charge in [-0.2, -0.15) is 26.3 Å². The van der Waals surface area contributed by atoms with Gasteiger partial charge in [-0.05, 0) is 5.41 Å². The Balaban J connectivity index is 6.38. The van der Waals surface area contributed by atoms with Crippen molar-refractivity contribution in [1.29, 1.82) is 0 Å². The van der Waals surface area contributed by atoms with Crippen LogP contribution in [0.1, 0.15) is 27.2 Å². The van der Waals surface area contributed by atoms with E-state index in [-0.39, 0.29) is 0 Å². The van der Waals surface area contributed by atoms with Gasteiger partial charge in [-0.25, -0.2) is 18.4 Å². The minimum absolute atomic E-state index is 1.05. The number of carboxylic acid groups (broad SMARTS) is 2. The summed E-state index contributed by atoms with van der Waals surface area (Å²) in [6, 6.07) is 0. The Morgan fingerprint density at radius 2 is 1.28 bits per heavy atom. The van der Waals surface area contributed by atoms with Crippen LogP contribution in [0.5, 0.6) is 0 Å². The lowest BCUT2D eigenvalue weighted by Crippen LogP contribution is -2.57. The van der Waals surface area contributed by atoms with E-state index >= 15 is 0 Å². The summed E-state index contributed by atoms with van der Waals surface area (Å²) in [5.74, 6) is -23.5. The van der Waals surface area contributed by atoms with Gasteiger partial charge in [0.25, 0.3) is 0 Å². The summed E-state index contributed by atoms with van der Waals surface area (Å²) >= 11 is 0. The first kappa shape index (κ1) is 23.1. The zero-order valence-corrected chi connectivity index (χ0v) is 13.0. The normalized spacial score (nSPS) is 15.2. The first-order valence-corrected chi connectivity index (χ1v) is 6.42. The average Bonchev–Trinajstić information content (AvgIpc) is 2.34. The molecule has 0 aromatic heterocycles. The number of aliphatic carboxylic acids is 2. The van der Waals surface area contributed by atoms with Gasteiger partial charge in [-0.3, -0.25) is 0 Å². The Hall–Kier alpha value is -1.88. The minimum atomic E-state index is -6.63. The molecule has 146 valence electrons. The molecule has 0 radical (unpaired) electrons. The Labute approximate surface area is 136 Å². The fourth-order valence-electron chi connectivity index (χ4n) is 1.89. The molecule has 0 saturated carbocycles. The molecule has 0 fully saturated rings. The van der Waals surface area contributed by atoms with E-state index in [9.17, 15) is 44.7 Å². The van der Waals surface area contributed by atoms with Crippen molar-refractivity contribution < 1.29 is 54.9 Å². The van der Waals surface area contributed by atoms with Crippen LogP contribution in [-0.2, 0) is 9.59 Å². The fourth-order valence-corrected chi connectivity index (χ4v) is 1.89. The fraction of sp³-hybridized carbons (Fsp3) is 0.692. The molecule has 0 aromatic carbocycles. The molecule has 0 heterocycles. The Morgan fingerprint density at radius 1 is 0.880 bits per heavy atom.